The van der Waals surface area contributed by atoms with Crippen LogP contribution in [0.25, 0.3) is 0 Å². The molecular weight excluding hydrogens is 260 g/mol. The first-order valence-corrected chi connectivity index (χ1v) is 6.89. The van der Waals surface area contributed by atoms with E-state index < -0.39 is 0 Å². The summed E-state index contributed by atoms with van der Waals surface area (Å²) in [6.45, 7) is 0.778. The molecule has 2 aromatic rings. The van der Waals surface area contributed by atoms with Crippen LogP contribution >= 0.6 is 11.6 Å². The minimum absolute atomic E-state index is 0.380. The van der Waals surface area contributed by atoms with Crippen molar-refractivity contribution >= 4 is 11.6 Å². The molecule has 19 heavy (non-hydrogen) atoms. The Balaban J connectivity index is 2.01. The van der Waals surface area contributed by atoms with Crippen molar-refractivity contribution in [2.75, 3.05) is 6.61 Å². The summed E-state index contributed by atoms with van der Waals surface area (Å²) >= 11 is 6.15. The summed E-state index contributed by atoms with van der Waals surface area (Å²) in [6.07, 6.45) is 2.03. The van der Waals surface area contributed by atoms with Gasteiger partial charge in [0, 0.05) is 22.8 Å². The highest BCUT2D eigenvalue weighted by Gasteiger charge is 2.45. The molecule has 1 spiro atoms. The van der Waals surface area contributed by atoms with Gasteiger partial charge in [-0.25, -0.2) is 0 Å². The van der Waals surface area contributed by atoms with Gasteiger partial charge in [0.1, 0.15) is 17.1 Å². The predicted octanol–water partition coefficient (Wildman–Crippen LogP) is 4.50. The fourth-order valence-electron chi connectivity index (χ4n) is 3.12. The van der Waals surface area contributed by atoms with Crippen LogP contribution in [0.1, 0.15) is 24.0 Å². The molecule has 2 aromatic carbocycles. The Morgan fingerprint density at radius 3 is 2.68 bits per heavy atom. The number of hydrogen-bond acceptors (Lipinski definition) is 2. The van der Waals surface area contributed by atoms with Gasteiger partial charge in [-0.15, -0.1) is 0 Å². The van der Waals surface area contributed by atoms with Crippen LogP contribution in [-0.4, -0.2) is 6.61 Å². The zero-order valence-corrected chi connectivity index (χ0v) is 11.1. The van der Waals surface area contributed by atoms with E-state index in [2.05, 4.69) is 6.07 Å². The highest BCUT2D eigenvalue weighted by Crippen LogP contribution is 2.53. The molecule has 3 heteroatoms. The van der Waals surface area contributed by atoms with E-state index in [4.69, 9.17) is 21.1 Å². The van der Waals surface area contributed by atoms with Gasteiger partial charge in [-0.05, 0) is 37.1 Å². The zero-order valence-electron chi connectivity index (χ0n) is 10.4. The van der Waals surface area contributed by atoms with Crippen LogP contribution in [0.4, 0.5) is 0 Å². The van der Waals surface area contributed by atoms with Gasteiger partial charge in [0.05, 0.1) is 0 Å². The lowest BCUT2D eigenvalue weighted by molar-refractivity contribution is 0.0281. The molecule has 4 rings (SSSR count). The molecule has 0 bridgehead atoms. The molecule has 0 radical (unpaired) electrons. The van der Waals surface area contributed by atoms with Gasteiger partial charge in [0.15, 0.2) is 0 Å². The normalized spacial score (nSPS) is 23.8. The second-order valence-electron chi connectivity index (χ2n) is 5.02. The Morgan fingerprint density at radius 2 is 1.84 bits per heavy atom. The van der Waals surface area contributed by atoms with E-state index in [0.717, 1.165) is 47.1 Å². The number of para-hydroxylation sites is 1. The first kappa shape index (κ1) is 11.3. The van der Waals surface area contributed by atoms with E-state index >= 15 is 0 Å². The summed E-state index contributed by atoms with van der Waals surface area (Å²) in [5.74, 6) is 1.74. The average molecular weight is 273 g/mol. The number of fused-ring (bicyclic) bond motifs is 4. The quantitative estimate of drug-likeness (QED) is 0.703. The molecule has 0 saturated carbocycles. The van der Waals surface area contributed by atoms with Crippen LogP contribution < -0.4 is 4.74 Å². The minimum atomic E-state index is -0.380. The van der Waals surface area contributed by atoms with E-state index in [1.54, 1.807) is 0 Å². The van der Waals surface area contributed by atoms with Gasteiger partial charge in [-0.3, -0.25) is 0 Å². The molecule has 0 amide bonds. The zero-order chi connectivity index (χ0) is 12.9. The molecule has 0 aromatic heterocycles. The number of rotatable bonds is 0. The third-order valence-corrected chi connectivity index (χ3v) is 4.18. The number of benzene rings is 2. The molecule has 0 N–H and O–H groups in total. The average Bonchev–Trinajstić information content (AvgIpc) is 2.91. The van der Waals surface area contributed by atoms with E-state index in [1.807, 2.05) is 36.4 Å². The fraction of sp³-hybridized carbons (Fsp3) is 0.250. The maximum absolute atomic E-state index is 6.15. The van der Waals surface area contributed by atoms with Crippen molar-refractivity contribution in [3.8, 4) is 11.5 Å². The van der Waals surface area contributed by atoms with Crippen LogP contribution in [-0.2, 0) is 10.3 Å². The molecule has 2 aliphatic heterocycles. The molecule has 0 aliphatic carbocycles. The highest BCUT2D eigenvalue weighted by atomic mass is 35.5. The van der Waals surface area contributed by atoms with Crippen LogP contribution in [0.3, 0.4) is 0 Å². The van der Waals surface area contributed by atoms with Crippen LogP contribution in [0.2, 0.25) is 5.02 Å². The number of ether oxygens (including phenoxy) is 2. The Labute approximate surface area is 116 Å². The van der Waals surface area contributed by atoms with Crippen molar-refractivity contribution < 1.29 is 9.47 Å². The summed E-state index contributed by atoms with van der Waals surface area (Å²) in [7, 11) is 0. The van der Waals surface area contributed by atoms with Gasteiger partial charge in [0.2, 0.25) is 0 Å². The second-order valence-corrected chi connectivity index (χ2v) is 5.45. The number of halogens is 1. The Bertz CT molecular complexity index is 645. The lowest BCUT2D eigenvalue weighted by atomic mass is 9.81. The Kier molecular flexibility index (Phi) is 2.38. The van der Waals surface area contributed by atoms with Crippen molar-refractivity contribution in [2.45, 2.75) is 18.4 Å². The topological polar surface area (TPSA) is 18.5 Å². The SMILES string of the molecule is Clc1ccc2c(c1)[C@]1(CCCO1)c1ccccc1O2. The van der Waals surface area contributed by atoms with Crippen molar-refractivity contribution in [3.05, 3.63) is 58.6 Å². The summed E-state index contributed by atoms with van der Waals surface area (Å²) in [5.41, 5.74) is 1.79. The van der Waals surface area contributed by atoms with Crippen molar-refractivity contribution in [1.82, 2.24) is 0 Å². The van der Waals surface area contributed by atoms with Gasteiger partial charge in [-0.1, -0.05) is 29.8 Å². The van der Waals surface area contributed by atoms with E-state index in [0.29, 0.717) is 0 Å². The lowest BCUT2D eigenvalue weighted by Crippen LogP contribution is -2.30. The standard InChI is InChI=1S/C16H13ClO2/c17-11-6-7-15-13(10-11)16(8-3-9-18-16)12-4-1-2-5-14(12)19-15/h1-2,4-7,10H,3,8-9H2/t16-/m0/s1. The Morgan fingerprint density at radius 1 is 1.00 bits per heavy atom. The van der Waals surface area contributed by atoms with Gasteiger partial charge >= 0.3 is 0 Å². The lowest BCUT2D eigenvalue weighted by Gasteiger charge is -2.36. The monoisotopic (exact) mass is 272 g/mol. The first-order chi connectivity index (χ1) is 9.29. The van der Waals surface area contributed by atoms with Crippen molar-refractivity contribution in [3.63, 3.8) is 0 Å². The Hall–Kier alpha value is -1.51. The predicted molar refractivity (Wildman–Crippen MR) is 73.9 cm³/mol. The van der Waals surface area contributed by atoms with Gasteiger partial charge in [0.25, 0.3) is 0 Å². The molecule has 96 valence electrons. The van der Waals surface area contributed by atoms with Crippen molar-refractivity contribution in [2.24, 2.45) is 0 Å². The van der Waals surface area contributed by atoms with Crippen LogP contribution in [0.5, 0.6) is 11.5 Å². The van der Waals surface area contributed by atoms with E-state index in [1.165, 1.54) is 0 Å². The molecule has 2 heterocycles. The summed E-state index contributed by atoms with van der Waals surface area (Å²) in [6, 6.07) is 13.9. The van der Waals surface area contributed by atoms with Gasteiger partial charge < -0.3 is 9.47 Å². The third-order valence-electron chi connectivity index (χ3n) is 3.94. The minimum Gasteiger partial charge on any atom is -0.457 e. The maximum atomic E-state index is 6.15. The number of hydrogen-bond donors (Lipinski definition) is 0. The van der Waals surface area contributed by atoms with E-state index in [9.17, 15) is 0 Å². The molecule has 1 saturated heterocycles. The van der Waals surface area contributed by atoms with Crippen molar-refractivity contribution in [1.29, 1.82) is 0 Å². The second kappa shape index (κ2) is 3.99. The summed E-state index contributed by atoms with van der Waals surface area (Å²) in [5, 5.41) is 0.719. The molecule has 0 unspecified atom stereocenters. The molecule has 2 nitrogen and oxygen atoms in total. The largest absolute Gasteiger partial charge is 0.457 e. The fourth-order valence-corrected chi connectivity index (χ4v) is 3.30. The third kappa shape index (κ3) is 1.54. The highest BCUT2D eigenvalue weighted by molar-refractivity contribution is 6.30. The molecule has 1 fully saturated rings. The first-order valence-electron chi connectivity index (χ1n) is 6.51. The van der Waals surface area contributed by atoms with E-state index in [-0.39, 0.29) is 5.60 Å². The summed E-state index contributed by atoms with van der Waals surface area (Å²) in [4.78, 5) is 0. The molecule has 2 aliphatic rings. The maximum Gasteiger partial charge on any atom is 0.134 e. The smallest absolute Gasteiger partial charge is 0.134 e. The molecule has 1 atom stereocenters. The summed E-state index contributed by atoms with van der Waals surface area (Å²) < 4.78 is 12.1. The molecular formula is C16H13ClO2. The van der Waals surface area contributed by atoms with Crippen LogP contribution in [0.15, 0.2) is 42.5 Å². The van der Waals surface area contributed by atoms with Gasteiger partial charge in [-0.2, -0.15) is 0 Å². The van der Waals surface area contributed by atoms with Crippen LogP contribution in [0, 0.1) is 0 Å².